The maximum absolute atomic E-state index is 12.4. The van der Waals surface area contributed by atoms with Crippen molar-refractivity contribution in [2.75, 3.05) is 6.61 Å². The Morgan fingerprint density at radius 3 is 1.16 bits per heavy atom. The summed E-state index contributed by atoms with van der Waals surface area (Å²) >= 11 is 0. The third-order valence-corrected chi connectivity index (χ3v) is 10.4. The monoisotopic (exact) mass is 704 g/mol. The average Bonchev–Trinajstić information content (AvgIpc) is 3.12. The summed E-state index contributed by atoms with van der Waals surface area (Å²) in [6, 6.07) is -0.634. The van der Waals surface area contributed by atoms with E-state index < -0.39 is 12.1 Å². The Morgan fingerprint density at radius 2 is 0.780 bits per heavy atom. The predicted octanol–water partition coefficient (Wildman–Crippen LogP) is 14.0. The first kappa shape index (κ1) is 48.9. The number of rotatable bonds is 41. The second kappa shape index (κ2) is 42.3. The summed E-state index contributed by atoms with van der Waals surface area (Å²) in [7, 11) is 0. The summed E-state index contributed by atoms with van der Waals surface area (Å²) in [6.07, 6.45) is 54.4. The number of hydrogen-bond donors (Lipinski definition) is 3. The number of allylic oxidation sites excluding steroid dienone is 3. The maximum Gasteiger partial charge on any atom is 0.220 e. The highest BCUT2D eigenvalue weighted by Gasteiger charge is 2.17. The van der Waals surface area contributed by atoms with Gasteiger partial charge in [0.1, 0.15) is 0 Å². The lowest BCUT2D eigenvalue weighted by molar-refractivity contribution is -0.123. The van der Waals surface area contributed by atoms with Crippen LogP contribution in [0.25, 0.3) is 0 Å². The van der Waals surface area contributed by atoms with E-state index in [2.05, 4.69) is 31.3 Å². The van der Waals surface area contributed by atoms with Crippen molar-refractivity contribution >= 4 is 5.91 Å². The molecule has 0 spiro atoms. The number of hydrogen-bond acceptors (Lipinski definition) is 3. The minimum atomic E-state index is -0.857. The minimum Gasteiger partial charge on any atom is -0.394 e. The van der Waals surface area contributed by atoms with Crippen LogP contribution in [0.15, 0.2) is 24.3 Å². The molecule has 2 atom stereocenters. The summed E-state index contributed by atoms with van der Waals surface area (Å²) in [5.41, 5.74) is 0. The molecule has 2 unspecified atom stereocenters. The van der Waals surface area contributed by atoms with Gasteiger partial charge >= 0.3 is 0 Å². The highest BCUT2D eigenvalue weighted by molar-refractivity contribution is 5.76. The number of unbranched alkanes of at least 4 members (excludes halogenated alkanes) is 32. The van der Waals surface area contributed by atoms with Crippen LogP contribution in [0.1, 0.15) is 245 Å². The predicted molar refractivity (Wildman–Crippen MR) is 221 cm³/mol. The molecule has 4 nitrogen and oxygen atoms in total. The van der Waals surface area contributed by atoms with E-state index in [1.54, 1.807) is 6.08 Å². The first-order chi connectivity index (χ1) is 24.7. The molecule has 4 heteroatoms. The molecule has 0 saturated heterocycles. The van der Waals surface area contributed by atoms with Gasteiger partial charge in [-0.1, -0.05) is 231 Å². The molecule has 0 saturated carbocycles. The van der Waals surface area contributed by atoms with Crippen molar-refractivity contribution in [3.63, 3.8) is 0 Å². The van der Waals surface area contributed by atoms with E-state index in [4.69, 9.17) is 0 Å². The van der Waals surface area contributed by atoms with Gasteiger partial charge in [0, 0.05) is 6.42 Å². The number of aliphatic hydroxyl groups is 2. The quantitative estimate of drug-likeness (QED) is 0.0438. The van der Waals surface area contributed by atoms with Crippen LogP contribution in [-0.4, -0.2) is 34.9 Å². The Kier molecular flexibility index (Phi) is 41.3. The van der Waals surface area contributed by atoms with Gasteiger partial charge in [0.05, 0.1) is 18.8 Å². The lowest BCUT2D eigenvalue weighted by atomic mass is 10.0. The molecule has 0 aromatic rings. The van der Waals surface area contributed by atoms with E-state index in [0.717, 1.165) is 32.1 Å². The first-order valence-corrected chi connectivity index (χ1v) is 22.6. The van der Waals surface area contributed by atoms with Gasteiger partial charge < -0.3 is 15.5 Å². The first-order valence-electron chi connectivity index (χ1n) is 22.6. The van der Waals surface area contributed by atoms with Crippen molar-refractivity contribution in [3.05, 3.63) is 24.3 Å². The lowest BCUT2D eigenvalue weighted by Gasteiger charge is -2.19. The molecule has 0 aromatic heterocycles. The number of aliphatic hydroxyl groups excluding tert-OH is 2. The third kappa shape index (κ3) is 38.1. The van der Waals surface area contributed by atoms with Crippen LogP contribution in [0, 0.1) is 0 Å². The smallest absolute Gasteiger partial charge is 0.220 e. The minimum absolute atomic E-state index is 0.0698. The van der Waals surface area contributed by atoms with E-state index in [0.29, 0.717) is 6.42 Å². The zero-order chi connectivity index (χ0) is 36.4. The molecule has 0 aliphatic heterocycles. The molecule has 0 radical (unpaired) electrons. The molecule has 0 aliphatic rings. The van der Waals surface area contributed by atoms with E-state index >= 15 is 0 Å². The van der Waals surface area contributed by atoms with Crippen LogP contribution in [0.5, 0.6) is 0 Å². The SMILES string of the molecule is CCCCCCCCCCCC/C=C/CC/C=C/C(O)C(CO)NC(=O)CCCCCCCCCCCCCCCCCCCCCCCC. The molecular formula is C46H89NO3. The number of amides is 1. The van der Waals surface area contributed by atoms with Gasteiger partial charge in [-0.15, -0.1) is 0 Å². The fourth-order valence-electron chi connectivity index (χ4n) is 6.96. The van der Waals surface area contributed by atoms with Crippen LogP contribution >= 0.6 is 0 Å². The van der Waals surface area contributed by atoms with Gasteiger partial charge in [0.25, 0.3) is 0 Å². The third-order valence-electron chi connectivity index (χ3n) is 10.4. The molecule has 0 bridgehead atoms. The van der Waals surface area contributed by atoms with Crippen molar-refractivity contribution in [2.24, 2.45) is 0 Å². The lowest BCUT2D eigenvalue weighted by Crippen LogP contribution is -2.45. The molecule has 0 fully saturated rings. The van der Waals surface area contributed by atoms with Crippen molar-refractivity contribution in [2.45, 2.75) is 257 Å². The van der Waals surface area contributed by atoms with Crippen molar-refractivity contribution < 1.29 is 15.0 Å². The van der Waals surface area contributed by atoms with Crippen LogP contribution in [-0.2, 0) is 4.79 Å². The standard InChI is InChI=1S/C46H89NO3/c1-3-5-7-9-11-13-15-17-19-21-22-23-24-25-26-28-30-32-34-36-38-40-42-46(50)47-44(43-48)45(49)41-39-37-35-33-31-29-27-20-18-16-14-12-10-8-6-4-2/h31,33,39,41,44-45,48-49H,3-30,32,34-38,40,42-43H2,1-2H3,(H,47,50)/b33-31+,41-39+. The van der Waals surface area contributed by atoms with Gasteiger partial charge in [-0.05, 0) is 32.1 Å². The summed E-state index contributed by atoms with van der Waals surface area (Å²) in [4.78, 5) is 12.4. The highest BCUT2D eigenvalue weighted by Crippen LogP contribution is 2.16. The Hall–Kier alpha value is -1.13. The molecule has 0 aromatic carbocycles. The molecule has 0 aliphatic carbocycles. The number of carbonyl (C=O) groups is 1. The molecule has 3 N–H and O–H groups in total. The molecule has 0 rings (SSSR count). The van der Waals surface area contributed by atoms with Crippen molar-refractivity contribution in [3.8, 4) is 0 Å². The molecular weight excluding hydrogens is 615 g/mol. The second-order valence-electron chi connectivity index (χ2n) is 15.5. The summed E-state index contributed by atoms with van der Waals surface area (Å²) in [5, 5.41) is 23.0. The summed E-state index contributed by atoms with van der Waals surface area (Å²) < 4.78 is 0. The maximum atomic E-state index is 12.4. The van der Waals surface area contributed by atoms with E-state index in [-0.39, 0.29) is 12.5 Å². The molecule has 1 amide bonds. The fourth-order valence-corrected chi connectivity index (χ4v) is 6.96. The van der Waals surface area contributed by atoms with Crippen LogP contribution in [0.2, 0.25) is 0 Å². The highest BCUT2D eigenvalue weighted by atomic mass is 16.3. The van der Waals surface area contributed by atoms with E-state index in [1.807, 2.05) is 6.08 Å². The van der Waals surface area contributed by atoms with Gasteiger partial charge in [0.2, 0.25) is 5.91 Å². The Balaban J connectivity index is 3.54. The molecule has 296 valence electrons. The summed E-state index contributed by atoms with van der Waals surface area (Å²) in [5.74, 6) is -0.0698. The Bertz CT molecular complexity index is 720. The zero-order valence-electron chi connectivity index (χ0n) is 33.9. The second-order valence-corrected chi connectivity index (χ2v) is 15.5. The fraction of sp³-hybridized carbons (Fsp3) is 0.891. The Morgan fingerprint density at radius 1 is 0.460 bits per heavy atom. The number of carbonyl (C=O) groups excluding carboxylic acids is 1. The molecule has 0 heterocycles. The topological polar surface area (TPSA) is 69.6 Å². The Labute approximate surface area is 313 Å². The van der Waals surface area contributed by atoms with Crippen LogP contribution in [0.4, 0.5) is 0 Å². The zero-order valence-corrected chi connectivity index (χ0v) is 33.9. The normalized spacial score (nSPS) is 13.1. The summed E-state index contributed by atoms with van der Waals surface area (Å²) in [6.45, 7) is 4.31. The van der Waals surface area contributed by atoms with Crippen LogP contribution in [0.3, 0.4) is 0 Å². The molecule has 50 heavy (non-hydrogen) atoms. The van der Waals surface area contributed by atoms with E-state index in [1.165, 1.54) is 193 Å². The average molecular weight is 704 g/mol. The van der Waals surface area contributed by atoms with Crippen molar-refractivity contribution in [1.82, 2.24) is 5.32 Å². The van der Waals surface area contributed by atoms with Gasteiger partial charge in [-0.25, -0.2) is 0 Å². The van der Waals surface area contributed by atoms with E-state index in [9.17, 15) is 15.0 Å². The van der Waals surface area contributed by atoms with Crippen molar-refractivity contribution in [1.29, 1.82) is 0 Å². The number of nitrogens with one attached hydrogen (secondary N) is 1. The van der Waals surface area contributed by atoms with Gasteiger partial charge in [-0.3, -0.25) is 4.79 Å². The van der Waals surface area contributed by atoms with Gasteiger partial charge in [-0.2, -0.15) is 0 Å². The largest absolute Gasteiger partial charge is 0.394 e. The van der Waals surface area contributed by atoms with Gasteiger partial charge in [0.15, 0.2) is 0 Å². The van der Waals surface area contributed by atoms with Crippen LogP contribution < -0.4 is 5.32 Å².